The Morgan fingerprint density at radius 3 is 1.54 bits per heavy atom. The van der Waals surface area contributed by atoms with Gasteiger partial charge in [-0.25, -0.2) is 0 Å². The van der Waals surface area contributed by atoms with Crippen molar-refractivity contribution < 1.29 is 18.2 Å². The molecule has 0 bridgehead atoms. The molecule has 0 heterocycles. The Balaban J connectivity index is 3.00. The Morgan fingerprint density at radius 2 is 1.23 bits per heavy atom. The molecule has 0 saturated heterocycles. The molecule has 0 aromatic rings. The quantitative estimate of drug-likeness (QED) is 0.472. The van der Waals surface area contributed by atoms with Gasteiger partial charge in [0.1, 0.15) is 0 Å². The van der Waals surface area contributed by atoms with Gasteiger partial charge >= 0.3 is 0 Å². The molecule has 0 aliphatic heterocycles. The Morgan fingerprint density at radius 1 is 0.846 bits per heavy atom. The molecule has 0 aliphatic rings. The van der Waals surface area contributed by atoms with Crippen LogP contribution in [0.2, 0.25) is 0 Å². The van der Waals surface area contributed by atoms with Gasteiger partial charge in [-0.1, -0.05) is 0 Å². The van der Waals surface area contributed by atoms with Crippen LogP contribution in [0, 0.1) is 0 Å². The number of hydrogen-bond donors (Lipinski definition) is 0. The van der Waals surface area contributed by atoms with Crippen molar-refractivity contribution in [3.05, 3.63) is 0 Å². The lowest BCUT2D eigenvalue weighted by molar-refractivity contribution is 0.294. The highest BCUT2D eigenvalue weighted by molar-refractivity contribution is 7.38. The third-order valence-electron chi connectivity index (χ3n) is 1.40. The standard InChI is InChI=1S/C7H18O4P2/c1-12(8)10-6-4-3-5-7-11-13(2)9/h12-13H,3-7H2,1-2H3. The first-order chi connectivity index (χ1) is 6.13. The molecule has 13 heavy (non-hydrogen) atoms. The number of rotatable bonds is 8. The van der Waals surface area contributed by atoms with E-state index in [1.165, 1.54) is 0 Å². The summed E-state index contributed by atoms with van der Waals surface area (Å²) in [5.41, 5.74) is 0. The van der Waals surface area contributed by atoms with Crippen LogP contribution >= 0.6 is 16.1 Å². The van der Waals surface area contributed by atoms with Crippen LogP contribution in [0.3, 0.4) is 0 Å². The zero-order chi connectivity index (χ0) is 10.1. The van der Waals surface area contributed by atoms with Crippen LogP contribution in [-0.4, -0.2) is 26.5 Å². The molecular formula is C7H18O4P2. The van der Waals surface area contributed by atoms with Gasteiger partial charge < -0.3 is 9.05 Å². The van der Waals surface area contributed by atoms with E-state index in [0.717, 1.165) is 19.3 Å². The summed E-state index contributed by atoms with van der Waals surface area (Å²) in [5, 5.41) is 0. The summed E-state index contributed by atoms with van der Waals surface area (Å²) in [4.78, 5) is 0. The maximum atomic E-state index is 10.5. The van der Waals surface area contributed by atoms with Crippen molar-refractivity contribution in [2.24, 2.45) is 0 Å². The lowest BCUT2D eigenvalue weighted by atomic mass is 10.2. The minimum absolute atomic E-state index is 0.551. The third-order valence-corrected chi connectivity index (χ3v) is 2.62. The van der Waals surface area contributed by atoms with Crippen molar-refractivity contribution in [3.63, 3.8) is 0 Å². The Bertz CT molecular complexity index is 154. The second kappa shape index (κ2) is 8.96. The van der Waals surface area contributed by atoms with Crippen LogP contribution in [0.25, 0.3) is 0 Å². The highest BCUT2D eigenvalue weighted by atomic mass is 31.1. The van der Waals surface area contributed by atoms with Gasteiger partial charge in [-0.3, -0.25) is 9.13 Å². The summed E-state index contributed by atoms with van der Waals surface area (Å²) in [5.74, 6) is 0. The normalized spacial score (nSPS) is 15.5. The molecule has 0 N–H and O–H groups in total. The second-order valence-electron chi connectivity index (χ2n) is 2.74. The predicted octanol–water partition coefficient (Wildman–Crippen LogP) is 2.40. The molecule has 0 saturated carbocycles. The van der Waals surface area contributed by atoms with Gasteiger partial charge in [0, 0.05) is 13.3 Å². The molecule has 0 fully saturated rings. The van der Waals surface area contributed by atoms with E-state index in [2.05, 4.69) is 0 Å². The average molecular weight is 228 g/mol. The van der Waals surface area contributed by atoms with Crippen LogP contribution in [0.1, 0.15) is 19.3 Å². The van der Waals surface area contributed by atoms with E-state index in [9.17, 15) is 9.13 Å². The van der Waals surface area contributed by atoms with E-state index < -0.39 is 16.1 Å². The fourth-order valence-corrected chi connectivity index (χ4v) is 1.68. The monoisotopic (exact) mass is 228 g/mol. The first-order valence-corrected chi connectivity index (χ1v) is 8.03. The maximum absolute atomic E-state index is 10.5. The van der Waals surface area contributed by atoms with Gasteiger partial charge in [0.15, 0.2) is 16.1 Å². The van der Waals surface area contributed by atoms with Gasteiger partial charge in [-0.15, -0.1) is 0 Å². The van der Waals surface area contributed by atoms with Crippen LogP contribution in [0.15, 0.2) is 0 Å². The molecule has 0 spiro atoms. The van der Waals surface area contributed by atoms with Crippen molar-refractivity contribution in [1.29, 1.82) is 0 Å². The van der Waals surface area contributed by atoms with Crippen molar-refractivity contribution >= 4 is 16.1 Å². The van der Waals surface area contributed by atoms with E-state index >= 15 is 0 Å². The Kier molecular flexibility index (Phi) is 9.22. The summed E-state index contributed by atoms with van der Waals surface area (Å²) in [6, 6.07) is 0. The molecule has 80 valence electrons. The molecule has 4 nitrogen and oxygen atoms in total. The average Bonchev–Trinajstić information content (AvgIpc) is 2.01. The SMILES string of the molecule is C[PH](=O)OCCCCCO[PH](C)=O. The number of unbranched alkanes of at least 4 members (excludes halogenated alkanes) is 2. The van der Waals surface area contributed by atoms with Crippen molar-refractivity contribution in [1.82, 2.24) is 0 Å². The summed E-state index contributed by atoms with van der Waals surface area (Å²) in [6.45, 7) is 4.26. The maximum Gasteiger partial charge on any atom is 0.188 e. The van der Waals surface area contributed by atoms with E-state index in [0.29, 0.717) is 13.2 Å². The van der Waals surface area contributed by atoms with Gasteiger partial charge in [-0.2, -0.15) is 0 Å². The first kappa shape index (κ1) is 13.4. The van der Waals surface area contributed by atoms with E-state index in [1.807, 2.05) is 0 Å². The smallest absolute Gasteiger partial charge is 0.188 e. The minimum Gasteiger partial charge on any atom is -0.331 e. The predicted molar refractivity (Wildman–Crippen MR) is 55.6 cm³/mol. The fraction of sp³-hybridized carbons (Fsp3) is 1.00. The molecule has 0 radical (unpaired) electrons. The van der Waals surface area contributed by atoms with E-state index in [-0.39, 0.29) is 0 Å². The van der Waals surface area contributed by atoms with E-state index in [1.54, 1.807) is 13.3 Å². The van der Waals surface area contributed by atoms with E-state index in [4.69, 9.17) is 9.05 Å². The van der Waals surface area contributed by atoms with Crippen LogP contribution in [0.4, 0.5) is 0 Å². The fourth-order valence-electron chi connectivity index (χ4n) is 0.813. The third kappa shape index (κ3) is 12.4. The summed E-state index contributed by atoms with van der Waals surface area (Å²) >= 11 is 0. The topological polar surface area (TPSA) is 52.6 Å². The molecule has 2 atom stereocenters. The Hall–Kier alpha value is 0.380. The van der Waals surface area contributed by atoms with Gasteiger partial charge in [0.05, 0.1) is 13.2 Å². The lowest BCUT2D eigenvalue weighted by Crippen LogP contribution is -1.90. The lowest BCUT2D eigenvalue weighted by Gasteiger charge is -2.01. The van der Waals surface area contributed by atoms with Gasteiger partial charge in [0.2, 0.25) is 0 Å². The minimum atomic E-state index is -1.77. The van der Waals surface area contributed by atoms with Crippen molar-refractivity contribution in [2.75, 3.05) is 26.5 Å². The summed E-state index contributed by atoms with van der Waals surface area (Å²) in [6.07, 6.45) is 2.74. The molecule has 0 amide bonds. The zero-order valence-corrected chi connectivity index (χ0v) is 10.2. The largest absolute Gasteiger partial charge is 0.331 e. The van der Waals surface area contributed by atoms with Crippen LogP contribution < -0.4 is 0 Å². The second-order valence-corrected chi connectivity index (χ2v) is 5.28. The van der Waals surface area contributed by atoms with Crippen molar-refractivity contribution in [3.8, 4) is 0 Å². The Labute approximate surface area is 80.7 Å². The highest BCUT2D eigenvalue weighted by Gasteiger charge is 1.93. The molecule has 2 unspecified atom stereocenters. The molecule has 0 aromatic heterocycles. The highest BCUT2D eigenvalue weighted by Crippen LogP contribution is 2.17. The molecule has 0 aromatic carbocycles. The molecule has 0 aliphatic carbocycles. The van der Waals surface area contributed by atoms with Crippen LogP contribution in [0.5, 0.6) is 0 Å². The first-order valence-electron chi connectivity index (χ1n) is 4.39. The zero-order valence-electron chi connectivity index (χ0n) is 8.17. The van der Waals surface area contributed by atoms with Gasteiger partial charge in [-0.05, 0) is 19.3 Å². The molecular weight excluding hydrogens is 210 g/mol. The molecule has 0 rings (SSSR count). The molecule has 6 heteroatoms. The summed E-state index contributed by atoms with van der Waals surface area (Å²) < 4.78 is 30.9. The van der Waals surface area contributed by atoms with Crippen molar-refractivity contribution in [2.45, 2.75) is 19.3 Å². The van der Waals surface area contributed by atoms with Gasteiger partial charge in [0.25, 0.3) is 0 Å². The number of hydrogen-bond acceptors (Lipinski definition) is 4. The van der Waals surface area contributed by atoms with Crippen LogP contribution in [-0.2, 0) is 18.2 Å². The summed E-state index contributed by atoms with van der Waals surface area (Å²) in [7, 11) is -3.53.